The highest BCUT2D eigenvalue weighted by atomic mass is 35.5. The summed E-state index contributed by atoms with van der Waals surface area (Å²) in [4.78, 5) is 13.5. The smallest absolute Gasteiger partial charge is 0.306 e. The molecule has 1 N–H and O–H groups in total. The maximum atomic E-state index is 11.5. The van der Waals surface area contributed by atoms with Crippen molar-refractivity contribution in [3.63, 3.8) is 0 Å². The Hall–Kier alpha value is -1.23. The molecule has 0 amide bonds. The van der Waals surface area contributed by atoms with E-state index >= 15 is 0 Å². The van der Waals surface area contributed by atoms with Crippen molar-refractivity contribution >= 4 is 29.2 Å². The van der Waals surface area contributed by atoms with Gasteiger partial charge in [0, 0.05) is 5.92 Å². The highest BCUT2D eigenvalue weighted by Crippen LogP contribution is 2.59. The van der Waals surface area contributed by atoms with Crippen molar-refractivity contribution in [2.45, 2.75) is 57.8 Å². The number of aliphatic carboxylic acids is 1. The number of rotatable bonds is 10. The van der Waals surface area contributed by atoms with Crippen molar-refractivity contribution in [3.05, 3.63) is 39.4 Å². The lowest BCUT2D eigenvalue weighted by molar-refractivity contribution is -0.142. The van der Waals surface area contributed by atoms with Gasteiger partial charge in [-0.3, -0.25) is 4.79 Å². The molecule has 3 atom stereocenters. The molecule has 0 saturated heterocycles. The lowest BCUT2D eigenvalue weighted by Crippen LogP contribution is -2.27. The second-order valence-electron chi connectivity index (χ2n) is 9.07. The van der Waals surface area contributed by atoms with Crippen LogP contribution in [0.25, 0.3) is 0 Å². The van der Waals surface area contributed by atoms with Crippen LogP contribution in [0, 0.1) is 11.3 Å². The first-order valence-corrected chi connectivity index (χ1v) is 11.7. The minimum atomic E-state index is -0.782. The molecule has 2 unspecified atom stereocenters. The lowest BCUT2D eigenvalue weighted by Gasteiger charge is -2.37. The monoisotopic (exact) mass is 453 g/mol. The van der Waals surface area contributed by atoms with E-state index in [2.05, 4.69) is 19.1 Å². The van der Waals surface area contributed by atoms with Crippen LogP contribution in [-0.2, 0) is 11.2 Å². The van der Waals surface area contributed by atoms with Crippen LogP contribution in [0.4, 0.5) is 0 Å². The first kappa shape index (κ1) is 23.4. The average molecular weight is 454 g/mol. The van der Waals surface area contributed by atoms with Crippen LogP contribution >= 0.6 is 23.2 Å². The molecule has 30 heavy (non-hydrogen) atoms. The minimum Gasteiger partial charge on any atom is -0.492 e. The number of carboxylic acid groups (broad SMARTS) is 1. The SMILES string of the molecule is CCC[C@]12CCC=CC1c1c(cc(OCCC(CCN(C)C)C(=O)O)c(Cl)c1Cl)C2. The number of benzene rings is 1. The molecule has 0 saturated carbocycles. The van der Waals surface area contributed by atoms with Crippen molar-refractivity contribution in [3.8, 4) is 5.75 Å². The molecule has 0 fully saturated rings. The van der Waals surface area contributed by atoms with E-state index in [1.54, 1.807) is 0 Å². The maximum absolute atomic E-state index is 11.5. The fraction of sp³-hybridized carbons (Fsp3) is 0.625. The third kappa shape index (κ3) is 4.81. The number of ether oxygens (including phenoxy) is 1. The molecule has 0 aromatic heterocycles. The Morgan fingerprint density at radius 1 is 1.33 bits per heavy atom. The van der Waals surface area contributed by atoms with Gasteiger partial charge in [0.2, 0.25) is 0 Å². The Kier molecular flexibility index (Phi) is 7.76. The molecule has 0 spiro atoms. The second kappa shape index (κ2) is 9.93. The molecule has 3 rings (SSSR count). The lowest BCUT2D eigenvalue weighted by atomic mass is 9.67. The summed E-state index contributed by atoms with van der Waals surface area (Å²) in [6.45, 7) is 3.28. The van der Waals surface area contributed by atoms with Gasteiger partial charge in [-0.1, -0.05) is 48.7 Å². The maximum Gasteiger partial charge on any atom is 0.306 e. The third-order valence-corrected chi connectivity index (χ3v) is 7.56. The Morgan fingerprint density at radius 3 is 2.77 bits per heavy atom. The molecule has 6 heteroatoms. The van der Waals surface area contributed by atoms with Crippen molar-refractivity contribution < 1.29 is 14.6 Å². The summed E-state index contributed by atoms with van der Waals surface area (Å²) in [7, 11) is 3.89. The molecule has 4 nitrogen and oxygen atoms in total. The Bertz CT molecular complexity index is 808. The molecule has 1 aromatic rings. The van der Waals surface area contributed by atoms with E-state index in [9.17, 15) is 9.90 Å². The van der Waals surface area contributed by atoms with E-state index in [0.29, 0.717) is 41.2 Å². The number of hydrogen-bond acceptors (Lipinski definition) is 3. The first-order chi connectivity index (χ1) is 14.3. The molecule has 2 aliphatic carbocycles. The highest BCUT2D eigenvalue weighted by molar-refractivity contribution is 6.43. The van der Waals surface area contributed by atoms with Crippen LogP contribution in [0.5, 0.6) is 5.75 Å². The van der Waals surface area contributed by atoms with Gasteiger partial charge < -0.3 is 14.7 Å². The number of allylic oxidation sites excluding steroid dienone is 2. The van der Waals surface area contributed by atoms with Crippen molar-refractivity contribution in [1.82, 2.24) is 4.90 Å². The van der Waals surface area contributed by atoms with Crippen molar-refractivity contribution in [2.75, 3.05) is 27.2 Å². The number of halogens is 2. The summed E-state index contributed by atoms with van der Waals surface area (Å²) in [6, 6.07) is 2.04. The summed E-state index contributed by atoms with van der Waals surface area (Å²) >= 11 is 13.4. The van der Waals surface area contributed by atoms with Crippen LogP contribution in [0.15, 0.2) is 18.2 Å². The number of hydrogen-bond donors (Lipinski definition) is 1. The van der Waals surface area contributed by atoms with Gasteiger partial charge >= 0.3 is 5.97 Å². The van der Waals surface area contributed by atoms with Crippen LogP contribution in [0.2, 0.25) is 10.0 Å². The average Bonchev–Trinajstić information content (AvgIpc) is 3.01. The van der Waals surface area contributed by atoms with Crippen LogP contribution in [-0.4, -0.2) is 43.2 Å². The molecule has 1 aromatic carbocycles. The van der Waals surface area contributed by atoms with Gasteiger partial charge in [0.25, 0.3) is 0 Å². The largest absolute Gasteiger partial charge is 0.492 e. The van der Waals surface area contributed by atoms with Gasteiger partial charge in [-0.2, -0.15) is 0 Å². The van der Waals surface area contributed by atoms with E-state index in [1.807, 2.05) is 25.1 Å². The van der Waals surface area contributed by atoms with Gasteiger partial charge in [0.15, 0.2) is 0 Å². The normalized spacial score (nSPS) is 23.3. The molecule has 2 aliphatic rings. The summed E-state index contributed by atoms with van der Waals surface area (Å²) in [5.41, 5.74) is 2.62. The van der Waals surface area contributed by atoms with Gasteiger partial charge in [0.1, 0.15) is 10.8 Å². The summed E-state index contributed by atoms with van der Waals surface area (Å²) < 4.78 is 5.97. The number of carboxylic acids is 1. The Morgan fingerprint density at radius 2 is 2.10 bits per heavy atom. The first-order valence-electron chi connectivity index (χ1n) is 11.0. The van der Waals surface area contributed by atoms with Crippen molar-refractivity contribution in [1.29, 1.82) is 0 Å². The van der Waals surface area contributed by atoms with Crippen LogP contribution in [0.1, 0.15) is 62.5 Å². The molecule has 0 heterocycles. The summed E-state index contributed by atoms with van der Waals surface area (Å²) in [6.07, 6.45) is 11.2. The van der Waals surface area contributed by atoms with E-state index in [4.69, 9.17) is 27.9 Å². The van der Waals surface area contributed by atoms with Crippen LogP contribution in [0.3, 0.4) is 0 Å². The number of nitrogens with zero attached hydrogens (tertiary/aromatic N) is 1. The van der Waals surface area contributed by atoms with Crippen molar-refractivity contribution in [2.24, 2.45) is 11.3 Å². The Labute approximate surface area is 190 Å². The topological polar surface area (TPSA) is 49.8 Å². The molecule has 166 valence electrons. The zero-order chi connectivity index (χ0) is 21.9. The number of carbonyl (C=O) groups is 1. The molecule has 0 bridgehead atoms. The molecular weight excluding hydrogens is 421 g/mol. The highest BCUT2D eigenvalue weighted by Gasteiger charge is 2.46. The van der Waals surface area contributed by atoms with Gasteiger partial charge in [0.05, 0.1) is 17.5 Å². The predicted octanol–water partition coefficient (Wildman–Crippen LogP) is 6.19. The molecule has 0 radical (unpaired) electrons. The standard InChI is InChI=1S/C24H33Cl2NO3/c1-4-10-24-11-6-5-7-18(24)20-17(15-24)14-19(21(25)22(20)26)30-13-9-16(23(28)29)8-12-27(2)3/h5,7,14,16,18H,4,6,8-13,15H2,1-3H3,(H,28,29)/t16?,18?,24-/m1/s1. The van der Waals surface area contributed by atoms with Gasteiger partial charge in [-0.05, 0) is 81.8 Å². The fourth-order valence-corrected chi connectivity index (χ4v) is 5.72. The second-order valence-corrected chi connectivity index (χ2v) is 9.83. The van der Waals surface area contributed by atoms with Gasteiger partial charge in [-0.25, -0.2) is 0 Å². The van der Waals surface area contributed by atoms with Gasteiger partial charge in [-0.15, -0.1) is 0 Å². The zero-order valence-electron chi connectivity index (χ0n) is 18.2. The summed E-state index contributed by atoms with van der Waals surface area (Å²) in [5.74, 6) is -0.318. The van der Waals surface area contributed by atoms with E-state index in [1.165, 1.54) is 18.4 Å². The number of fused-ring (bicyclic) bond motifs is 3. The molecule has 0 aliphatic heterocycles. The fourth-order valence-electron chi connectivity index (χ4n) is 5.18. The molecular formula is C24H33Cl2NO3. The zero-order valence-corrected chi connectivity index (χ0v) is 19.7. The predicted molar refractivity (Wildman–Crippen MR) is 123 cm³/mol. The van der Waals surface area contributed by atoms with E-state index < -0.39 is 11.9 Å². The Balaban J connectivity index is 1.75. The quantitative estimate of drug-likeness (QED) is 0.428. The van der Waals surface area contributed by atoms with E-state index in [0.717, 1.165) is 31.4 Å². The summed E-state index contributed by atoms with van der Waals surface area (Å²) in [5, 5.41) is 10.5. The van der Waals surface area contributed by atoms with Crippen LogP contribution < -0.4 is 4.74 Å². The van der Waals surface area contributed by atoms with E-state index in [-0.39, 0.29) is 5.41 Å². The third-order valence-electron chi connectivity index (χ3n) is 6.69. The minimum absolute atomic E-state index is 0.234.